The third-order valence-electron chi connectivity index (χ3n) is 9.03. The number of benzene rings is 1. The maximum atomic E-state index is 14.2. The molecule has 1 saturated heterocycles. The van der Waals surface area contributed by atoms with E-state index in [-0.39, 0.29) is 49.7 Å². The predicted octanol–water partition coefficient (Wildman–Crippen LogP) is -2.59. The van der Waals surface area contributed by atoms with Gasteiger partial charge < -0.3 is 58.8 Å². The Balaban J connectivity index is 1.78. The number of hydrogen-bond acceptors (Lipinski definition) is 11. The average Bonchev–Trinajstić information content (AvgIpc) is 3.82. The number of carboxylic acid groups (broad SMARTS) is 1. The van der Waals surface area contributed by atoms with Gasteiger partial charge in [-0.15, -0.1) is 0 Å². The molecule has 0 bridgehead atoms. The van der Waals surface area contributed by atoms with E-state index >= 15 is 0 Å². The number of guanidine groups is 1. The summed E-state index contributed by atoms with van der Waals surface area (Å²) in [5, 5.41) is 22.8. The standard InChI is InChI=1S/C35H51N11O9S2/c36-30(51)25(18-57)45-33(54)26-9-5-12-46(26)34(55)24(14-19-16-40-21-7-2-1-6-20(19)21)44-32(53)23(15-29(49)50)43-28(48)17-41-31(52)22(42-27(47)10-13-56)8-3-4-11-39-35(37)38/h1-2,6-7,16,22-26,40,56-57H,3-5,8-15,17-18H2,(H2,36,51)(H,41,52)(H,42,47)(H,43,48)(H,44,53)(H,45,54)(H,49,50)(H4,37,38,39)/t22-,23-,24+,25+,26-/m0/s1. The third kappa shape index (κ3) is 14.5. The summed E-state index contributed by atoms with van der Waals surface area (Å²) in [5.74, 6) is -6.58. The number of carboxylic acids is 1. The van der Waals surface area contributed by atoms with Crippen molar-refractivity contribution < 1.29 is 43.5 Å². The van der Waals surface area contributed by atoms with Crippen LogP contribution in [0.1, 0.15) is 50.5 Å². The number of thiol groups is 2. The number of primary amides is 1. The second-order valence-corrected chi connectivity index (χ2v) is 14.1. The fourth-order valence-corrected chi connectivity index (χ4v) is 6.67. The molecule has 0 radical (unpaired) electrons. The number of likely N-dealkylation sites (tertiary alicyclic amines) is 1. The Labute approximate surface area is 339 Å². The van der Waals surface area contributed by atoms with Crippen LogP contribution in [0, 0.1) is 0 Å². The Kier molecular flexibility index (Phi) is 18.4. The number of aromatic nitrogens is 1. The van der Waals surface area contributed by atoms with Crippen molar-refractivity contribution in [1.29, 1.82) is 0 Å². The maximum absolute atomic E-state index is 14.2. The van der Waals surface area contributed by atoms with Gasteiger partial charge in [0.15, 0.2) is 5.96 Å². The minimum atomic E-state index is -1.70. The van der Waals surface area contributed by atoms with Gasteiger partial charge in [0.2, 0.25) is 41.4 Å². The van der Waals surface area contributed by atoms with Crippen molar-refractivity contribution in [2.75, 3.05) is 31.1 Å². The molecule has 5 atom stereocenters. The number of aliphatic imine (C=N–C) groups is 1. The van der Waals surface area contributed by atoms with E-state index in [1.54, 1.807) is 12.3 Å². The summed E-state index contributed by atoms with van der Waals surface area (Å²) in [4.78, 5) is 112. The molecular weight excluding hydrogens is 783 g/mol. The first-order valence-electron chi connectivity index (χ1n) is 18.3. The number of rotatable bonds is 23. The summed E-state index contributed by atoms with van der Waals surface area (Å²) >= 11 is 8.09. The van der Waals surface area contributed by atoms with E-state index in [1.807, 2.05) is 18.2 Å². The van der Waals surface area contributed by atoms with Gasteiger partial charge in [-0.1, -0.05) is 18.2 Å². The molecule has 0 aliphatic carbocycles. The van der Waals surface area contributed by atoms with Crippen LogP contribution in [0.25, 0.3) is 10.9 Å². The quantitative estimate of drug-likeness (QED) is 0.0239. The van der Waals surface area contributed by atoms with Gasteiger partial charge in [-0.25, -0.2) is 0 Å². The Hall–Kier alpha value is -5.51. The molecule has 2 heterocycles. The Bertz CT molecular complexity index is 1800. The number of aromatic amines is 1. The SMILES string of the molecule is NC(=O)[C@@H](CS)NC(=O)[C@@H]1CCCN1C(=O)[C@@H](Cc1c[nH]c2ccccc12)NC(=O)[C@H](CC(=O)O)NC(=O)CNC(=O)[C@H](CCCCN=C(N)N)NC(=O)CCS. The number of amides is 7. The number of carbonyl (C=O) groups is 8. The second kappa shape index (κ2) is 22.9. The van der Waals surface area contributed by atoms with Crippen LogP contribution in [0.15, 0.2) is 35.5 Å². The van der Waals surface area contributed by atoms with Gasteiger partial charge in [0.05, 0.1) is 13.0 Å². The fourth-order valence-electron chi connectivity index (χ4n) is 6.20. The van der Waals surface area contributed by atoms with Crippen molar-refractivity contribution in [3.63, 3.8) is 0 Å². The number of fused-ring (bicyclic) bond motifs is 1. The van der Waals surface area contributed by atoms with E-state index in [0.29, 0.717) is 31.4 Å². The number of carbonyl (C=O) groups excluding carboxylic acids is 7. The van der Waals surface area contributed by atoms with Gasteiger partial charge in [-0.3, -0.25) is 43.3 Å². The molecule has 312 valence electrons. The number of nitrogens with zero attached hydrogens (tertiary/aromatic N) is 2. The van der Waals surface area contributed by atoms with Crippen LogP contribution >= 0.6 is 25.3 Å². The van der Waals surface area contributed by atoms with Crippen molar-refractivity contribution >= 4 is 89.4 Å². The van der Waals surface area contributed by atoms with E-state index in [2.05, 4.69) is 61.8 Å². The molecule has 0 unspecified atom stereocenters. The number of nitrogens with one attached hydrogen (secondary N) is 6. The summed E-state index contributed by atoms with van der Waals surface area (Å²) < 4.78 is 0. The van der Waals surface area contributed by atoms with E-state index < -0.39 is 90.5 Å². The molecule has 1 aromatic carbocycles. The molecule has 20 nitrogen and oxygen atoms in total. The number of para-hydroxylation sites is 1. The number of nitrogens with two attached hydrogens (primary N) is 3. The van der Waals surface area contributed by atoms with E-state index in [9.17, 15) is 43.5 Å². The summed E-state index contributed by atoms with van der Waals surface area (Å²) in [6.07, 6.45) is 2.53. The molecule has 13 N–H and O–H groups in total. The third-order valence-corrected chi connectivity index (χ3v) is 9.62. The highest BCUT2D eigenvalue weighted by atomic mass is 32.1. The van der Waals surface area contributed by atoms with Crippen LogP contribution in [0.2, 0.25) is 0 Å². The lowest BCUT2D eigenvalue weighted by Gasteiger charge is -2.30. The predicted molar refractivity (Wildman–Crippen MR) is 216 cm³/mol. The van der Waals surface area contributed by atoms with Gasteiger partial charge >= 0.3 is 5.97 Å². The van der Waals surface area contributed by atoms with E-state index in [4.69, 9.17) is 17.2 Å². The first kappa shape index (κ1) is 45.9. The van der Waals surface area contributed by atoms with Crippen LogP contribution in [-0.2, 0) is 44.8 Å². The lowest BCUT2D eigenvalue weighted by molar-refractivity contribution is -0.143. The number of H-pyrrole nitrogens is 1. The van der Waals surface area contributed by atoms with Crippen LogP contribution < -0.4 is 43.8 Å². The zero-order chi connectivity index (χ0) is 42.1. The summed E-state index contributed by atoms with van der Waals surface area (Å²) in [6.45, 7) is -0.247. The van der Waals surface area contributed by atoms with Gasteiger partial charge in [0, 0.05) is 48.8 Å². The first-order chi connectivity index (χ1) is 27.1. The molecule has 0 spiro atoms. The molecule has 1 aliphatic rings. The number of unbranched alkanes of at least 4 members (excludes halogenated alkanes) is 1. The normalized spacial score (nSPS) is 15.7. The molecule has 0 saturated carbocycles. The lowest BCUT2D eigenvalue weighted by atomic mass is 10.0. The van der Waals surface area contributed by atoms with E-state index in [0.717, 1.165) is 10.9 Å². The number of aliphatic carboxylic acids is 1. The molecule has 2 aromatic rings. The highest BCUT2D eigenvalue weighted by Gasteiger charge is 2.39. The van der Waals surface area contributed by atoms with Crippen molar-refractivity contribution in [2.24, 2.45) is 22.2 Å². The van der Waals surface area contributed by atoms with Crippen molar-refractivity contribution in [3.8, 4) is 0 Å². The zero-order valence-corrected chi connectivity index (χ0v) is 33.0. The lowest BCUT2D eigenvalue weighted by Crippen LogP contribution is -2.59. The monoisotopic (exact) mass is 833 g/mol. The Morgan fingerprint density at radius 1 is 0.895 bits per heavy atom. The van der Waals surface area contributed by atoms with Crippen molar-refractivity contribution in [2.45, 2.75) is 81.6 Å². The fraction of sp³-hybridized carbons (Fsp3) is 0.514. The minimum absolute atomic E-state index is 0.0363. The van der Waals surface area contributed by atoms with Crippen LogP contribution in [0.5, 0.6) is 0 Å². The molecule has 1 aliphatic heterocycles. The highest BCUT2D eigenvalue weighted by Crippen LogP contribution is 2.23. The van der Waals surface area contributed by atoms with Gasteiger partial charge in [-0.2, -0.15) is 25.3 Å². The molecule has 7 amide bonds. The first-order valence-corrected chi connectivity index (χ1v) is 19.5. The summed E-state index contributed by atoms with van der Waals surface area (Å²) in [7, 11) is 0. The van der Waals surface area contributed by atoms with Gasteiger partial charge in [0.1, 0.15) is 30.2 Å². The van der Waals surface area contributed by atoms with Crippen molar-refractivity contribution in [3.05, 3.63) is 36.0 Å². The topological polar surface area (TPSA) is 326 Å². The molecule has 1 aromatic heterocycles. The largest absolute Gasteiger partial charge is 0.481 e. The molecule has 57 heavy (non-hydrogen) atoms. The second-order valence-electron chi connectivity index (χ2n) is 13.3. The van der Waals surface area contributed by atoms with Crippen LogP contribution in [0.3, 0.4) is 0 Å². The Morgan fingerprint density at radius 2 is 1.61 bits per heavy atom. The zero-order valence-electron chi connectivity index (χ0n) is 31.2. The number of hydrogen-bond donors (Lipinski definition) is 12. The summed E-state index contributed by atoms with van der Waals surface area (Å²) in [5.41, 5.74) is 17.4. The Morgan fingerprint density at radius 3 is 2.28 bits per heavy atom. The van der Waals surface area contributed by atoms with Crippen LogP contribution in [0.4, 0.5) is 0 Å². The maximum Gasteiger partial charge on any atom is 0.305 e. The van der Waals surface area contributed by atoms with E-state index in [1.165, 1.54) is 4.90 Å². The molecular formula is C35H51N11O9S2. The molecule has 1 fully saturated rings. The van der Waals surface area contributed by atoms with Crippen molar-refractivity contribution in [1.82, 2.24) is 36.5 Å². The average molecular weight is 834 g/mol. The highest BCUT2D eigenvalue weighted by molar-refractivity contribution is 7.80. The smallest absolute Gasteiger partial charge is 0.305 e. The van der Waals surface area contributed by atoms with Gasteiger partial charge in [-0.05, 0) is 49.5 Å². The molecule has 22 heteroatoms. The van der Waals surface area contributed by atoms with Gasteiger partial charge in [0.25, 0.3) is 0 Å². The van der Waals surface area contributed by atoms with Crippen LogP contribution in [-0.4, -0.2) is 130 Å². The minimum Gasteiger partial charge on any atom is -0.481 e. The summed E-state index contributed by atoms with van der Waals surface area (Å²) in [6, 6.07) is 1.05. The molecule has 3 rings (SSSR count).